The topological polar surface area (TPSA) is 84.5 Å². The molecule has 1 amide bonds. The number of halogens is 1. The second-order valence-corrected chi connectivity index (χ2v) is 10.3. The molecule has 6 nitrogen and oxygen atoms in total. The Hall–Kier alpha value is -2.87. The van der Waals surface area contributed by atoms with Crippen molar-refractivity contribution in [2.24, 2.45) is 0 Å². The van der Waals surface area contributed by atoms with E-state index in [1.807, 2.05) is 18.2 Å². The first kappa shape index (κ1) is 23.3. The first-order valence-electron chi connectivity index (χ1n) is 10.6. The van der Waals surface area contributed by atoms with Gasteiger partial charge in [-0.3, -0.25) is 4.79 Å². The number of carbonyl (C=O) groups excluding carboxylic acids is 1. The van der Waals surface area contributed by atoms with Crippen LogP contribution in [-0.4, -0.2) is 28.0 Å². The van der Waals surface area contributed by atoms with Crippen LogP contribution in [0.25, 0.3) is 0 Å². The van der Waals surface area contributed by atoms with Crippen LogP contribution in [0.15, 0.2) is 77.7 Å². The van der Waals surface area contributed by atoms with E-state index in [0.29, 0.717) is 11.6 Å². The molecule has 2 N–H and O–H groups in total. The Morgan fingerprint density at radius 3 is 2.36 bits per heavy atom. The molecule has 1 aliphatic carbocycles. The molecule has 0 atom stereocenters. The molecule has 1 fully saturated rings. The van der Waals surface area contributed by atoms with Gasteiger partial charge in [-0.2, -0.15) is 0 Å². The molecule has 4 rings (SSSR count). The quantitative estimate of drug-likeness (QED) is 0.474. The van der Waals surface area contributed by atoms with E-state index in [1.54, 1.807) is 30.3 Å². The molecule has 0 radical (unpaired) electrons. The van der Waals surface area contributed by atoms with Crippen molar-refractivity contribution in [2.45, 2.75) is 29.7 Å². The smallest absolute Gasteiger partial charge is 0.251 e. The molecule has 0 saturated heterocycles. The number of methoxy groups -OCH3 is 1. The number of carbonyl (C=O) groups is 1. The molecule has 0 aromatic heterocycles. The van der Waals surface area contributed by atoms with Crippen LogP contribution in [0.5, 0.6) is 5.75 Å². The number of amides is 1. The molecule has 172 valence electrons. The molecule has 0 bridgehead atoms. The monoisotopic (exact) mass is 484 g/mol. The maximum absolute atomic E-state index is 13.0. The van der Waals surface area contributed by atoms with Gasteiger partial charge in [-0.1, -0.05) is 54.1 Å². The van der Waals surface area contributed by atoms with Gasteiger partial charge in [0, 0.05) is 29.1 Å². The van der Waals surface area contributed by atoms with Gasteiger partial charge >= 0.3 is 0 Å². The van der Waals surface area contributed by atoms with Gasteiger partial charge in [-0.05, 0) is 54.3 Å². The van der Waals surface area contributed by atoms with E-state index < -0.39 is 10.0 Å². The average molecular weight is 485 g/mol. The largest absolute Gasteiger partial charge is 0.495 e. The second kappa shape index (κ2) is 9.55. The fourth-order valence-electron chi connectivity index (χ4n) is 3.75. The maximum Gasteiger partial charge on any atom is 0.251 e. The van der Waals surface area contributed by atoms with Crippen molar-refractivity contribution in [3.8, 4) is 5.75 Å². The van der Waals surface area contributed by atoms with E-state index >= 15 is 0 Å². The fourth-order valence-corrected chi connectivity index (χ4v) is 5.08. The zero-order valence-electron chi connectivity index (χ0n) is 18.2. The molecule has 8 heteroatoms. The van der Waals surface area contributed by atoms with Crippen molar-refractivity contribution in [3.63, 3.8) is 0 Å². The Bertz CT molecular complexity index is 1240. The Kier molecular flexibility index (Phi) is 6.74. The minimum atomic E-state index is -3.93. The van der Waals surface area contributed by atoms with Crippen molar-refractivity contribution >= 4 is 27.5 Å². The highest BCUT2D eigenvalue weighted by atomic mass is 35.5. The number of hydrogen-bond acceptors (Lipinski definition) is 4. The number of nitrogens with one attached hydrogen (secondary N) is 2. The van der Waals surface area contributed by atoms with Gasteiger partial charge in [0.15, 0.2) is 0 Å². The van der Waals surface area contributed by atoms with Gasteiger partial charge in [0.1, 0.15) is 10.6 Å². The van der Waals surface area contributed by atoms with Crippen molar-refractivity contribution in [1.82, 2.24) is 10.0 Å². The summed E-state index contributed by atoms with van der Waals surface area (Å²) in [5.41, 5.74) is 2.17. The van der Waals surface area contributed by atoms with Crippen molar-refractivity contribution in [3.05, 3.63) is 94.5 Å². The highest BCUT2D eigenvalue weighted by Crippen LogP contribution is 2.47. The van der Waals surface area contributed by atoms with Crippen LogP contribution in [0.1, 0.15) is 34.3 Å². The molecule has 0 aliphatic heterocycles. The van der Waals surface area contributed by atoms with E-state index in [1.165, 1.54) is 24.8 Å². The SMILES string of the molecule is COc1ccc(C(=O)NCC2(c3ccccc3)CC2)cc1S(=O)(=O)NCc1ccc(Cl)cc1. The van der Waals surface area contributed by atoms with Crippen molar-refractivity contribution in [2.75, 3.05) is 13.7 Å². The molecule has 0 heterocycles. The Labute approximate surface area is 199 Å². The Morgan fingerprint density at radius 1 is 1.03 bits per heavy atom. The second-order valence-electron chi connectivity index (χ2n) is 8.15. The van der Waals surface area contributed by atoms with Crippen LogP contribution >= 0.6 is 11.6 Å². The maximum atomic E-state index is 13.0. The minimum Gasteiger partial charge on any atom is -0.495 e. The van der Waals surface area contributed by atoms with Gasteiger partial charge < -0.3 is 10.1 Å². The van der Waals surface area contributed by atoms with E-state index in [9.17, 15) is 13.2 Å². The lowest BCUT2D eigenvalue weighted by atomic mass is 9.96. The van der Waals surface area contributed by atoms with Gasteiger partial charge in [0.05, 0.1) is 7.11 Å². The lowest BCUT2D eigenvalue weighted by Gasteiger charge is -2.17. The summed E-state index contributed by atoms with van der Waals surface area (Å²) in [5.74, 6) is -0.160. The summed E-state index contributed by atoms with van der Waals surface area (Å²) in [7, 11) is -2.54. The molecule has 33 heavy (non-hydrogen) atoms. The predicted octanol–water partition coefficient (Wildman–Crippen LogP) is 4.29. The molecule has 3 aromatic rings. The third-order valence-corrected chi connectivity index (χ3v) is 7.60. The lowest BCUT2D eigenvalue weighted by Crippen LogP contribution is -2.32. The molecular formula is C25H25ClN2O4S. The van der Waals surface area contributed by atoms with Crippen molar-refractivity contribution < 1.29 is 17.9 Å². The summed E-state index contributed by atoms with van der Waals surface area (Å²) in [4.78, 5) is 12.8. The van der Waals surface area contributed by atoms with Crippen LogP contribution in [0.3, 0.4) is 0 Å². The van der Waals surface area contributed by atoms with Crippen LogP contribution < -0.4 is 14.8 Å². The minimum absolute atomic E-state index is 0.0432. The van der Waals surface area contributed by atoms with E-state index in [0.717, 1.165) is 18.4 Å². The lowest BCUT2D eigenvalue weighted by molar-refractivity contribution is 0.0949. The zero-order chi connectivity index (χ0) is 23.5. The number of rotatable bonds is 9. The summed E-state index contributed by atoms with van der Waals surface area (Å²) in [5, 5.41) is 3.54. The average Bonchev–Trinajstić information content (AvgIpc) is 3.63. The summed E-state index contributed by atoms with van der Waals surface area (Å²) < 4.78 is 33.8. The first-order valence-corrected chi connectivity index (χ1v) is 12.4. The summed E-state index contributed by atoms with van der Waals surface area (Å²) in [6.07, 6.45) is 2.02. The van der Waals surface area contributed by atoms with Gasteiger partial charge in [0.2, 0.25) is 10.0 Å². The molecule has 0 unspecified atom stereocenters. The van der Waals surface area contributed by atoms with Gasteiger partial charge in [-0.15, -0.1) is 0 Å². The third-order valence-electron chi connectivity index (χ3n) is 5.92. The van der Waals surface area contributed by atoms with Crippen LogP contribution in [0.4, 0.5) is 0 Å². The summed E-state index contributed by atoms with van der Waals surface area (Å²) in [6.45, 7) is 0.581. The number of hydrogen-bond donors (Lipinski definition) is 2. The predicted molar refractivity (Wildman–Crippen MR) is 128 cm³/mol. The first-order chi connectivity index (χ1) is 15.8. The van der Waals surface area contributed by atoms with E-state index in [2.05, 4.69) is 22.2 Å². The zero-order valence-corrected chi connectivity index (χ0v) is 19.7. The van der Waals surface area contributed by atoms with Crippen LogP contribution in [0, 0.1) is 0 Å². The van der Waals surface area contributed by atoms with Gasteiger partial charge in [-0.25, -0.2) is 13.1 Å². The normalized spacial score (nSPS) is 14.5. The number of sulfonamides is 1. The fraction of sp³-hybridized carbons (Fsp3) is 0.240. The van der Waals surface area contributed by atoms with Crippen LogP contribution in [0.2, 0.25) is 5.02 Å². The molecular weight excluding hydrogens is 460 g/mol. The molecule has 1 saturated carbocycles. The van der Waals surface area contributed by atoms with Crippen molar-refractivity contribution in [1.29, 1.82) is 0 Å². The van der Waals surface area contributed by atoms with Gasteiger partial charge in [0.25, 0.3) is 5.91 Å². The Balaban J connectivity index is 1.48. The third kappa shape index (κ3) is 5.38. The Morgan fingerprint density at radius 2 is 1.73 bits per heavy atom. The highest BCUT2D eigenvalue weighted by molar-refractivity contribution is 7.89. The standard InChI is InChI=1S/C25H25ClN2O4S/c1-32-22-12-9-19(24(29)27-17-25(13-14-25)20-5-3-2-4-6-20)15-23(22)33(30,31)28-16-18-7-10-21(26)11-8-18/h2-12,15,28H,13-14,16-17H2,1H3,(H,27,29). The summed E-state index contributed by atoms with van der Waals surface area (Å²) in [6, 6.07) is 21.4. The van der Waals surface area contributed by atoms with E-state index in [4.69, 9.17) is 16.3 Å². The van der Waals surface area contributed by atoms with E-state index in [-0.39, 0.29) is 34.1 Å². The molecule has 1 aliphatic rings. The van der Waals surface area contributed by atoms with Crippen LogP contribution in [-0.2, 0) is 22.0 Å². The number of ether oxygens (including phenoxy) is 1. The summed E-state index contributed by atoms with van der Waals surface area (Å²) >= 11 is 5.88. The number of benzene rings is 3. The molecule has 3 aromatic carbocycles. The molecule has 0 spiro atoms. The highest BCUT2D eigenvalue weighted by Gasteiger charge is 2.44.